The first-order chi connectivity index (χ1) is 23.0. The van der Waals surface area contributed by atoms with E-state index in [0.29, 0.717) is 35.9 Å². The molecule has 0 spiro atoms. The average molecular weight is 654 g/mol. The fourth-order valence-corrected chi connectivity index (χ4v) is 6.97. The summed E-state index contributed by atoms with van der Waals surface area (Å²) in [6.45, 7) is 8.46. The second kappa shape index (κ2) is 18.3. The Morgan fingerprint density at radius 2 is 1.40 bits per heavy atom. The molecule has 4 nitrogen and oxygen atoms in total. The van der Waals surface area contributed by atoms with Crippen molar-refractivity contribution in [2.45, 2.75) is 97.9 Å². The molecule has 47 heavy (non-hydrogen) atoms. The lowest BCUT2D eigenvalue weighted by atomic mass is 9.83. The largest absolute Gasteiger partial charge is 0.488 e. The monoisotopic (exact) mass is 653 g/mol. The molecule has 0 radical (unpaired) electrons. The van der Waals surface area contributed by atoms with Gasteiger partial charge in [0.25, 0.3) is 0 Å². The maximum absolute atomic E-state index is 7.02. The summed E-state index contributed by atoms with van der Waals surface area (Å²) in [5, 5.41) is 0.358. The third-order valence-electron chi connectivity index (χ3n) is 9.64. The van der Waals surface area contributed by atoms with Gasteiger partial charge in [-0.05, 0) is 47.3 Å². The Hall–Kier alpha value is -3.34. The van der Waals surface area contributed by atoms with Gasteiger partial charge in [0.1, 0.15) is 24.1 Å². The summed E-state index contributed by atoms with van der Waals surface area (Å²) in [6, 6.07) is 30.6. The third kappa shape index (κ3) is 10.1. The Morgan fingerprint density at radius 3 is 2.04 bits per heavy atom. The lowest BCUT2D eigenvalue weighted by Gasteiger charge is -2.36. The zero-order valence-corrected chi connectivity index (χ0v) is 29.3. The molecule has 0 bridgehead atoms. The van der Waals surface area contributed by atoms with Crippen molar-refractivity contribution in [2.24, 2.45) is 17.8 Å². The number of pyridine rings is 1. The maximum Gasteiger partial charge on any atom is 0.224 e. The molecular weight excluding hydrogens is 602 g/mol. The van der Waals surface area contributed by atoms with Crippen molar-refractivity contribution >= 4 is 11.6 Å². The van der Waals surface area contributed by atoms with Crippen LogP contribution in [0.2, 0.25) is 5.15 Å². The van der Waals surface area contributed by atoms with Gasteiger partial charge in [-0.25, -0.2) is 4.98 Å². The molecule has 1 fully saturated rings. The standard InChI is InChI=1S/C42H52ClNO3/c1-4-31(2)19-11-6-5-7-12-24-35-27-32(3)39(45-30-35)38-40(46-28-33-20-13-8-14-21-33)37(36-25-17-10-18-26-36)41(43)44-42(38)47-29-34-22-15-9-16-23-34/h8-10,13-18,20-23,25-26,31-32,35,39H,4-7,11-12,19,24,27-30H2,1-3H3/t31?,32-,35-,39-/m0/s1. The Labute approximate surface area is 287 Å². The van der Waals surface area contributed by atoms with Gasteiger partial charge in [0.15, 0.2) is 0 Å². The number of benzene rings is 3. The lowest BCUT2D eigenvalue weighted by molar-refractivity contribution is -0.0577. The third-order valence-corrected chi connectivity index (χ3v) is 9.91. The molecule has 0 aliphatic carbocycles. The van der Waals surface area contributed by atoms with Crippen LogP contribution in [0.25, 0.3) is 11.1 Å². The van der Waals surface area contributed by atoms with Gasteiger partial charge in [-0.15, -0.1) is 0 Å². The Bertz CT molecular complexity index is 1480. The van der Waals surface area contributed by atoms with Crippen LogP contribution in [-0.2, 0) is 18.0 Å². The van der Waals surface area contributed by atoms with Crippen LogP contribution < -0.4 is 9.47 Å². The van der Waals surface area contributed by atoms with Crippen LogP contribution >= 0.6 is 11.6 Å². The normalized spacial score (nSPS) is 18.5. The number of hydrogen-bond donors (Lipinski definition) is 0. The number of aromatic nitrogens is 1. The Kier molecular flexibility index (Phi) is 13.6. The summed E-state index contributed by atoms with van der Waals surface area (Å²) < 4.78 is 20.0. The van der Waals surface area contributed by atoms with E-state index in [9.17, 15) is 0 Å². The van der Waals surface area contributed by atoms with E-state index in [-0.39, 0.29) is 12.0 Å². The zero-order valence-electron chi connectivity index (χ0n) is 28.5. The first kappa shape index (κ1) is 35.0. The topological polar surface area (TPSA) is 40.6 Å². The van der Waals surface area contributed by atoms with E-state index >= 15 is 0 Å². The van der Waals surface area contributed by atoms with Crippen molar-refractivity contribution in [1.29, 1.82) is 0 Å². The Balaban J connectivity index is 1.38. The molecule has 4 aromatic rings. The van der Waals surface area contributed by atoms with Gasteiger partial charge in [0, 0.05) is 0 Å². The average Bonchev–Trinajstić information content (AvgIpc) is 3.10. The number of rotatable bonds is 17. The molecule has 3 aromatic carbocycles. The molecule has 1 saturated heterocycles. The smallest absolute Gasteiger partial charge is 0.224 e. The quantitative estimate of drug-likeness (QED) is 0.0839. The minimum absolute atomic E-state index is 0.226. The summed E-state index contributed by atoms with van der Waals surface area (Å²) in [7, 11) is 0. The number of hydrogen-bond acceptors (Lipinski definition) is 4. The second-order valence-corrected chi connectivity index (χ2v) is 13.8. The van der Waals surface area contributed by atoms with Crippen LogP contribution in [-0.4, -0.2) is 11.6 Å². The Morgan fingerprint density at radius 1 is 0.809 bits per heavy atom. The highest BCUT2D eigenvalue weighted by Gasteiger charge is 2.36. The van der Waals surface area contributed by atoms with Crippen LogP contribution in [0.1, 0.15) is 101 Å². The highest BCUT2D eigenvalue weighted by molar-refractivity contribution is 6.32. The van der Waals surface area contributed by atoms with E-state index in [0.717, 1.165) is 46.8 Å². The van der Waals surface area contributed by atoms with Gasteiger partial charge < -0.3 is 14.2 Å². The van der Waals surface area contributed by atoms with Crippen molar-refractivity contribution in [2.75, 3.05) is 6.61 Å². The first-order valence-electron chi connectivity index (χ1n) is 17.8. The molecule has 0 N–H and O–H groups in total. The van der Waals surface area contributed by atoms with Crippen molar-refractivity contribution in [1.82, 2.24) is 4.98 Å². The highest BCUT2D eigenvalue weighted by atomic mass is 35.5. The molecule has 250 valence electrons. The van der Waals surface area contributed by atoms with Gasteiger partial charge in [-0.3, -0.25) is 0 Å². The molecule has 1 unspecified atom stereocenters. The molecule has 0 saturated carbocycles. The molecule has 1 aromatic heterocycles. The van der Waals surface area contributed by atoms with Crippen LogP contribution in [0.5, 0.6) is 11.6 Å². The van der Waals surface area contributed by atoms with Gasteiger partial charge in [-0.1, -0.05) is 168 Å². The number of unbranched alkanes of at least 4 members (excludes halogenated alkanes) is 4. The molecular formula is C42H52ClNO3. The van der Waals surface area contributed by atoms with Gasteiger partial charge >= 0.3 is 0 Å². The molecule has 2 heterocycles. The molecule has 4 atom stereocenters. The van der Waals surface area contributed by atoms with E-state index < -0.39 is 0 Å². The first-order valence-corrected chi connectivity index (χ1v) is 18.1. The highest BCUT2D eigenvalue weighted by Crippen LogP contribution is 2.50. The van der Waals surface area contributed by atoms with Gasteiger partial charge in [-0.2, -0.15) is 0 Å². The van der Waals surface area contributed by atoms with E-state index in [1.165, 1.54) is 51.4 Å². The number of ether oxygens (including phenoxy) is 3. The minimum atomic E-state index is -0.226. The fraction of sp³-hybridized carbons (Fsp3) is 0.452. The predicted molar refractivity (Wildman–Crippen MR) is 194 cm³/mol. The van der Waals surface area contributed by atoms with E-state index in [4.69, 9.17) is 30.8 Å². The van der Waals surface area contributed by atoms with Crippen LogP contribution in [0.15, 0.2) is 91.0 Å². The van der Waals surface area contributed by atoms with Gasteiger partial charge in [0.2, 0.25) is 5.88 Å². The SMILES string of the molecule is CCC(C)CCCCCCC[C@@H]1CO[C@H](c2c(OCc3ccccc3)nc(Cl)c(-c3ccccc3)c2OCc2ccccc2)[C@@H](C)C1. The van der Waals surface area contributed by atoms with E-state index in [1.54, 1.807) is 0 Å². The minimum Gasteiger partial charge on any atom is -0.488 e. The van der Waals surface area contributed by atoms with Crippen molar-refractivity contribution in [3.8, 4) is 22.8 Å². The molecule has 1 aliphatic rings. The zero-order chi connectivity index (χ0) is 32.8. The predicted octanol–water partition coefficient (Wildman–Crippen LogP) is 12.1. The van der Waals surface area contributed by atoms with Crippen molar-refractivity contribution in [3.63, 3.8) is 0 Å². The molecule has 0 amide bonds. The van der Waals surface area contributed by atoms with Crippen LogP contribution in [0.4, 0.5) is 0 Å². The molecule has 5 rings (SSSR count). The molecule has 5 heteroatoms. The van der Waals surface area contributed by atoms with Crippen molar-refractivity contribution < 1.29 is 14.2 Å². The van der Waals surface area contributed by atoms with Crippen molar-refractivity contribution in [3.05, 3.63) is 113 Å². The number of nitrogens with zero attached hydrogens (tertiary/aromatic N) is 1. The van der Waals surface area contributed by atoms with Crippen LogP contribution in [0.3, 0.4) is 0 Å². The summed E-state index contributed by atoms with van der Waals surface area (Å²) in [4.78, 5) is 4.89. The van der Waals surface area contributed by atoms with E-state index in [1.807, 2.05) is 54.6 Å². The van der Waals surface area contributed by atoms with E-state index in [2.05, 4.69) is 57.2 Å². The summed E-state index contributed by atoms with van der Waals surface area (Å²) in [6.07, 6.45) is 11.4. The lowest BCUT2D eigenvalue weighted by Crippen LogP contribution is -2.28. The number of halogens is 1. The fourth-order valence-electron chi connectivity index (χ4n) is 6.70. The van der Waals surface area contributed by atoms with Gasteiger partial charge in [0.05, 0.1) is 23.8 Å². The molecule has 1 aliphatic heterocycles. The maximum atomic E-state index is 7.02. The summed E-state index contributed by atoms with van der Waals surface area (Å²) >= 11 is 7.02. The summed E-state index contributed by atoms with van der Waals surface area (Å²) in [5.41, 5.74) is 4.72. The van der Waals surface area contributed by atoms with Crippen LogP contribution in [0, 0.1) is 17.8 Å². The second-order valence-electron chi connectivity index (χ2n) is 13.4. The summed E-state index contributed by atoms with van der Waals surface area (Å²) in [5.74, 6) is 2.84.